The van der Waals surface area contributed by atoms with Crippen LogP contribution < -0.4 is 0 Å². The van der Waals surface area contributed by atoms with Crippen molar-refractivity contribution in [3.63, 3.8) is 0 Å². The average molecular weight is 156 g/mol. The molecule has 1 unspecified atom stereocenters. The highest BCUT2D eigenvalue weighted by Gasteiger charge is 2.01. The van der Waals surface area contributed by atoms with E-state index in [1.54, 1.807) is 0 Å². The van der Waals surface area contributed by atoms with Crippen LogP contribution in [0.15, 0.2) is 23.0 Å². The van der Waals surface area contributed by atoms with Crippen molar-refractivity contribution in [1.29, 1.82) is 0 Å². The van der Waals surface area contributed by atoms with Gasteiger partial charge in [0, 0.05) is 0 Å². The number of unbranched alkanes of at least 4 members (excludes halogenated alkanes) is 1. The van der Waals surface area contributed by atoms with Gasteiger partial charge in [0.25, 0.3) is 0 Å². The summed E-state index contributed by atoms with van der Waals surface area (Å²) in [6.07, 6.45) is 3.71. The fraction of sp³-hybridized carbons (Fsp3) is 0.714. The molecule has 0 spiro atoms. The second-order valence-electron chi connectivity index (χ2n) is 2.26. The van der Waals surface area contributed by atoms with Crippen molar-refractivity contribution in [2.24, 2.45) is 10.4 Å². The van der Waals surface area contributed by atoms with Crippen molar-refractivity contribution in [3.8, 4) is 0 Å². The van der Waals surface area contributed by atoms with Gasteiger partial charge in [0.05, 0.1) is 6.54 Å². The number of rotatable bonds is 7. The van der Waals surface area contributed by atoms with E-state index in [-0.39, 0.29) is 6.04 Å². The minimum Gasteiger partial charge on any atom is -0.151 e. The van der Waals surface area contributed by atoms with E-state index >= 15 is 0 Å². The average Bonchev–Trinajstić information content (AvgIpc) is 2.05. The van der Waals surface area contributed by atoms with Gasteiger partial charge < -0.3 is 0 Å². The molecule has 0 heterocycles. The summed E-state index contributed by atoms with van der Waals surface area (Å²) in [5, 5.41) is 5.53. The first kappa shape index (κ1) is 9.94. The van der Waals surface area contributed by atoms with E-state index in [4.69, 9.17) is 0 Å². The van der Waals surface area contributed by atoms with Crippen LogP contribution in [0.2, 0.25) is 0 Å². The van der Waals surface area contributed by atoms with Crippen molar-refractivity contribution in [2.75, 3.05) is 6.54 Å². The Labute approximate surface area is 65.6 Å². The van der Waals surface area contributed by atoms with Gasteiger partial charge in [0.15, 0.2) is 0 Å². The first-order valence-electron chi connectivity index (χ1n) is 3.59. The fourth-order valence-electron chi connectivity index (χ4n) is 0.743. The molecule has 1 atom stereocenters. The van der Waals surface area contributed by atoms with Crippen LogP contribution in [0.1, 0.15) is 19.3 Å². The Morgan fingerprint density at radius 1 is 1.36 bits per heavy atom. The van der Waals surface area contributed by atoms with Gasteiger partial charge in [-0.2, -0.15) is 9.81 Å². The van der Waals surface area contributed by atoms with Gasteiger partial charge in [-0.3, -0.25) is 0 Å². The highest BCUT2D eigenvalue weighted by atomic mass is 16.3. The Balaban J connectivity index is 3.27. The zero-order chi connectivity index (χ0) is 8.53. The molecule has 0 rings (SSSR count). The van der Waals surface area contributed by atoms with Crippen molar-refractivity contribution in [2.45, 2.75) is 25.3 Å². The van der Waals surface area contributed by atoms with Crippen LogP contribution in [0.3, 0.4) is 0 Å². The third-order valence-corrected chi connectivity index (χ3v) is 1.41. The SMILES string of the molecule is C=CC(CCCCN=O)N=O. The largest absolute Gasteiger partial charge is 0.151 e. The second-order valence-corrected chi connectivity index (χ2v) is 2.26. The van der Waals surface area contributed by atoms with E-state index in [1.165, 1.54) is 6.08 Å². The Kier molecular flexibility index (Phi) is 6.37. The summed E-state index contributed by atoms with van der Waals surface area (Å²) in [5.74, 6) is 0. The minimum absolute atomic E-state index is 0.304. The van der Waals surface area contributed by atoms with Gasteiger partial charge in [-0.05, 0) is 19.3 Å². The van der Waals surface area contributed by atoms with Gasteiger partial charge in [-0.25, -0.2) is 0 Å². The van der Waals surface area contributed by atoms with Gasteiger partial charge in [0.1, 0.15) is 6.04 Å². The number of hydrogen-bond donors (Lipinski definition) is 0. The maximum absolute atomic E-state index is 9.99. The van der Waals surface area contributed by atoms with Crippen LogP contribution >= 0.6 is 0 Å². The predicted octanol–water partition coefficient (Wildman–Crippen LogP) is 2.24. The molecule has 0 bridgehead atoms. The monoisotopic (exact) mass is 156 g/mol. The van der Waals surface area contributed by atoms with Crippen LogP contribution in [0.25, 0.3) is 0 Å². The molecule has 0 fully saturated rings. The van der Waals surface area contributed by atoms with Gasteiger partial charge in [0.2, 0.25) is 0 Å². The van der Waals surface area contributed by atoms with Crippen molar-refractivity contribution < 1.29 is 0 Å². The Bertz CT molecular complexity index is 128. The Hall–Kier alpha value is -1.06. The molecule has 0 saturated heterocycles. The molecule has 0 aromatic carbocycles. The van der Waals surface area contributed by atoms with E-state index in [2.05, 4.69) is 16.9 Å². The van der Waals surface area contributed by atoms with Crippen LogP contribution in [0, 0.1) is 9.81 Å². The summed E-state index contributed by atoms with van der Waals surface area (Å²) in [5.41, 5.74) is 0. The highest BCUT2D eigenvalue weighted by molar-refractivity contribution is 4.84. The van der Waals surface area contributed by atoms with Crippen LogP contribution in [-0.2, 0) is 0 Å². The second kappa shape index (κ2) is 7.05. The topological polar surface area (TPSA) is 58.9 Å². The Morgan fingerprint density at radius 2 is 2.09 bits per heavy atom. The maximum Gasteiger partial charge on any atom is 0.110 e. The lowest BCUT2D eigenvalue weighted by Crippen LogP contribution is -1.98. The maximum atomic E-state index is 9.99. The third-order valence-electron chi connectivity index (χ3n) is 1.41. The van der Waals surface area contributed by atoms with E-state index in [0.717, 1.165) is 12.8 Å². The zero-order valence-electron chi connectivity index (χ0n) is 6.40. The quantitative estimate of drug-likeness (QED) is 0.322. The molecule has 0 aromatic heterocycles. The lowest BCUT2D eigenvalue weighted by Gasteiger charge is -1.99. The summed E-state index contributed by atoms with van der Waals surface area (Å²) in [4.78, 5) is 19.6. The van der Waals surface area contributed by atoms with Gasteiger partial charge in [-0.15, -0.1) is 6.58 Å². The molecule has 0 amide bonds. The molecule has 62 valence electrons. The van der Waals surface area contributed by atoms with Crippen molar-refractivity contribution in [1.82, 2.24) is 0 Å². The van der Waals surface area contributed by atoms with Crippen molar-refractivity contribution >= 4 is 0 Å². The van der Waals surface area contributed by atoms with Crippen LogP contribution in [-0.4, -0.2) is 12.6 Å². The molecule has 11 heavy (non-hydrogen) atoms. The molecule has 0 aliphatic heterocycles. The van der Waals surface area contributed by atoms with E-state index < -0.39 is 0 Å². The van der Waals surface area contributed by atoms with E-state index in [0.29, 0.717) is 13.0 Å². The van der Waals surface area contributed by atoms with Gasteiger partial charge in [-0.1, -0.05) is 16.4 Å². The molecule has 0 aromatic rings. The molecule has 0 aliphatic carbocycles. The normalized spacial score (nSPS) is 12.0. The highest BCUT2D eigenvalue weighted by Crippen LogP contribution is 2.04. The molecule has 0 saturated carbocycles. The third kappa shape index (κ3) is 5.39. The molecule has 4 heteroatoms. The smallest absolute Gasteiger partial charge is 0.110 e. The minimum atomic E-state index is -0.304. The van der Waals surface area contributed by atoms with Crippen LogP contribution in [0.4, 0.5) is 0 Å². The first-order valence-corrected chi connectivity index (χ1v) is 3.59. The first-order chi connectivity index (χ1) is 5.35. The number of nitroso groups, excluding NO2 is 2. The lowest BCUT2D eigenvalue weighted by molar-refractivity contribution is 0.635. The van der Waals surface area contributed by atoms with E-state index in [9.17, 15) is 9.81 Å². The zero-order valence-corrected chi connectivity index (χ0v) is 6.40. The van der Waals surface area contributed by atoms with E-state index in [1.807, 2.05) is 0 Å². The summed E-state index contributed by atoms with van der Waals surface area (Å²) in [7, 11) is 0. The van der Waals surface area contributed by atoms with Crippen LogP contribution in [0.5, 0.6) is 0 Å². The summed E-state index contributed by atoms with van der Waals surface area (Å²) in [6.45, 7) is 3.77. The number of hydrogen-bond acceptors (Lipinski definition) is 4. The molecule has 4 nitrogen and oxygen atoms in total. The summed E-state index contributed by atoms with van der Waals surface area (Å²) < 4.78 is 0. The molecule has 0 N–H and O–H groups in total. The standard InChI is InChI=1S/C7H12N2O2/c1-2-7(9-11)5-3-4-6-8-10/h2,7H,1,3-6H2. The molecule has 0 radical (unpaired) electrons. The number of nitrogens with zero attached hydrogens (tertiary/aromatic N) is 2. The molecular formula is C7H12N2O2. The predicted molar refractivity (Wildman–Crippen MR) is 44.3 cm³/mol. The van der Waals surface area contributed by atoms with Crippen molar-refractivity contribution in [3.05, 3.63) is 22.5 Å². The Morgan fingerprint density at radius 3 is 2.55 bits per heavy atom. The fourth-order valence-corrected chi connectivity index (χ4v) is 0.743. The summed E-state index contributed by atoms with van der Waals surface area (Å²) >= 11 is 0. The lowest BCUT2D eigenvalue weighted by atomic mass is 10.1. The van der Waals surface area contributed by atoms with Gasteiger partial charge >= 0.3 is 0 Å². The molecule has 0 aliphatic rings. The molecular weight excluding hydrogens is 144 g/mol. The summed E-state index contributed by atoms with van der Waals surface area (Å²) in [6, 6.07) is -0.304.